The largest absolute Gasteiger partial charge is 0.365 e. The van der Waals surface area contributed by atoms with E-state index in [0.717, 1.165) is 17.3 Å². The van der Waals surface area contributed by atoms with Gasteiger partial charge >= 0.3 is 0 Å². The van der Waals surface area contributed by atoms with Crippen LogP contribution in [0, 0.1) is 0 Å². The lowest BCUT2D eigenvalue weighted by atomic mass is 10.3. The molecule has 2 amide bonds. The Labute approximate surface area is 144 Å². The molecule has 2 aliphatic heterocycles. The third-order valence-electron chi connectivity index (χ3n) is 3.38. The zero-order chi connectivity index (χ0) is 16.1. The van der Waals surface area contributed by atoms with Gasteiger partial charge in [0.1, 0.15) is 4.32 Å². The molecular weight excluding hydrogens is 338 g/mol. The van der Waals surface area contributed by atoms with E-state index in [1.54, 1.807) is 23.7 Å². The van der Waals surface area contributed by atoms with Gasteiger partial charge in [0.2, 0.25) is 5.91 Å². The Kier molecular flexibility index (Phi) is 6.34. The van der Waals surface area contributed by atoms with Crippen molar-refractivity contribution in [3.8, 4) is 0 Å². The highest BCUT2D eigenvalue weighted by Gasteiger charge is 2.30. The predicted molar refractivity (Wildman–Crippen MR) is 96.5 cm³/mol. The fourth-order valence-corrected chi connectivity index (χ4v) is 4.51. The maximum atomic E-state index is 12.1. The van der Waals surface area contributed by atoms with Crippen LogP contribution in [0.4, 0.5) is 0 Å². The van der Waals surface area contributed by atoms with Gasteiger partial charge in [-0.05, 0) is 19.1 Å². The van der Waals surface area contributed by atoms with Gasteiger partial charge < -0.3 is 10.2 Å². The van der Waals surface area contributed by atoms with Crippen LogP contribution in [0.5, 0.6) is 0 Å². The summed E-state index contributed by atoms with van der Waals surface area (Å²) in [7, 11) is 1.65. The molecule has 0 radical (unpaired) electrons. The second kappa shape index (κ2) is 8.03. The van der Waals surface area contributed by atoms with E-state index < -0.39 is 0 Å². The van der Waals surface area contributed by atoms with Crippen molar-refractivity contribution >= 4 is 51.9 Å². The number of rotatable bonds is 5. The highest BCUT2D eigenvalue weighted by Crippen LogP contribution is 2.32. The zero-order valence-corrected chi connectivity index (χ0v) is 15.1. The average molecular weight is 358 g/mol. The Balaban J connectivity index is 2.02. The lowest BCUT2D eigenvalue weighted by Crippen LogP contribution is -2.27. The summed E-state index contributed by atoms with van der Waals surface area (Å²) in [6.45, 7) is 4.14. The van der Waals surface area contributed by atoms with Crippen molar-refractivity contribution in [2.75, 3.05) is 32.4 Å². The number of hydrogen-bond donors (Lipinski definition) is 1. The lowest BCUT2D eigenvalue weighted by molar-refractivity contribution is -0.122. The van der Waals surface area contributed by atoms with Gasteiger partial charge in [0.15, 0.2) is 0 Å². The highest BCUT2D eigenvalue weighted by atomic mass is 32.2. The van der Waals surface area contributed by atoms with E-state index in [-0.39, 0.29) is 11.8 Å². The van der Waals surface area contributed by atoms with Gasteiger partial charge in [0.05, 0.1) is 9.93 Å². The molecule has 8 heteroatoms. The van der Waals surface area contributed by atoms with Crippen LogP contribution in [-0.2, 0) is 9.59 Å². The monoisotopic (exact) mass is 357 g/mol. The standard InChI is InChI=1S/C14H19N3O2S3/c1-3-17-13(19)10(22-14(17)20)4-5-12-16(8-9-21-12)7-6-11(18)15-2/h4-5H,3,6-9H2,1-2H3,(H,15,18)/b10-4+,12-5+. The summed E-state index contributed by atoms with van der Waals surface area (Å²) in [4.78, 5) is 27.9. The second-order valence-electron chi connectivity index (χ2n) is 4.71. The minimum Gasteiger partial charge on any atom is -0.365 e. The average Bonchev–Trinajstić information content (AvgIpc) is 3.06. The van der Waals surface area contributed by atoms with Gasteiger partial charge in [0.25, 0.3) is 5.91 Å². The quantitative estimate of drug-likeness (QED) is 0.598. The molecule has 0 atom stereocenters. The van der Waals surface area contributed by atoms with Crippen LogP contribution in [0.15, 0.2) is 22.1 Å². The summed E-state index contributed by atoms with van der Waals surface area (Å²) in [5, 5.41) is 3.73. The molecule has 0 unspecified atom stereocenters. The zero-order valence-electron chi connectivity index (χ0n) is 12.6. The molecular formula is C14H19N3O2S3. The van der Waals surface area contributed by atoms with Crippen LogP contribution >= 0.6 is 35.7 Å². The minimum absolute atomic E-state index is 0.0192. The van der Waals surface area contributed by atoms with E-state index >= 15 is 0 Å². The van der Waals surface area contributed by atoms with E-state index in [9.17, 15) is 9.59 Å². The number of thioether (sulfide) groups is 2. The van der Waals surface area contributed by atoms with Crippen LogP contribution in [0.1, 0.15) is 13.3 Å². The third-order valence-corrected chi connectivity index (χ3v) is 5.85. The van der Waals surface area contributed by atoms with Crippen LogP contribution in [0.2, 0.25) is 0 Å². The van der Waals surface area contributed by atoms with Crippen molar-refractivity contribution in [3.63, 3.8) is 0 Å². The van der Waals surface area contributed by atoms with Crippen molar-refractivity contribution in [1.82, 2.24) is 15.1 Å². The molecule has 0 bridgehead atoms. The van der Waals surface area contributed by atoms with E-state index in [4.69, 9.17) is 12.2 Å². The molecule has 0 saturated carbocycles. The van der Waals surface area contributed by atoms with E-state index in [2.05, 4.69) is 10.2 Å². The van der Waals surface area contributed by atoms with Crippen molar-refractivity contribution in [3.05, 3.63) is 22.1 Å². The van der Waals surface area contributed by atoms with Gasteiger partial charge in [-0.1, -0.05) is 24.0 Å². The summed E-state index contributed by atoms with van der Waals surface area (Å²) >= 11 is 8.29. The van der Waals surface area contributed by atoms with E-state index in [0.29, 0.717) is 28.7 Å². The normalized spacial score (nSPS) is 22.3. The van der Waals surface area contributed by atoms with Crippen LogP contribution in [0.3, 0.4) is 0 Å². The van der Waals surface area contributed by atoms with Crippen LogP contribution < -0.4 is 5.32 Å². The molecule has 0 spiro atoms. The molecule has 0 aromatic carbocycles. The predicted octanol–water partition coefficient (Wildman–Crippen LogP) is 1.78. The first-order valence-electron chi connectivity index (χ1n) is 7.10. The molecule has 2 aliphatic rings. The summed E-state index contributed by atoms with van der Waals surface area (Å²) in [6, 6.07) is 0. The summed E-state index contributed by atoms with van der Waals surface area (Å²) < 4.78 is 0.618. The van der Waals surface area contributed by atoms with Gasteiger partial charge in [-0.3, -0.25) is 14.5 Å². The molecule has 2 fully saturated rings. The number of amides is 2. The molecule has 0 aliphatic carbocycles. The number of thiocarbonyl (C=S) groups is 1. The fraction of sp³-hybridized carbons (Fsp3) is 0.500. The maximum absolute atomic E-state index is 12.1. The number of hydrogen-bond acceptors (Lipinski definition) is 6. The first-order chi connectivity index (χ1) is 10.6. The highest BCUT2D eigenvalue weighted by molar-refractivity contribution is 8.26. The summed E-state index contributed by atoms with van der Waals surface area (Å²) in [6.07, 6.45) is 4.28. The molecule has 1 N–H and O–H groups in total. The maximum Gasteiger partial charge on any atom is 0.266 e. The Bertz CT molecular complexity index is 545. The molecule has 120 valence electrons. The Morgan fingerprint density at radius 1 is 1.45 bits per heavy atom. The van der Waals surface area contributed by atoms with Crippen molar-refractivity contribution in [1.29, 1.82) is 0 Å². The Hall–Kier alpha value is -0.990. The molecule has 2 saturated heterocycles. The van der Waals surface area contributed by atoms with Crippen LogP contribution in [-0.4, -0.2) is 58.4 Å². The number of allylic oxidation sites excluding steroid dienone is 2. The number of carbonyl (C=O) groups excluding carboxylic acids is 2. The molecule has 22 heavy (non-hydrogen) atoms. The molecule has 5 nitrogen and oxygen atoms in total. The van der Waals surface area contributed by atoms with Gasteiger partial charge in [-0.25, -0.2) is 0 Å². The summed E-state index contributed by atoms with van der Waals surface area (Å²) in [5.74, 6) is 1.03. The third kappa shape index (κ3) is 4.05. The van der Waals surface area contributed by atoms with Crippen molar-refractivity contribution in [2.45, 2.75) is 13.3 Å². The minimum atomic E-state index is -0.0192. The van der Waals surface area contributed by atoms with E-state index in [1.165, 1.54) is 11.8 Å². The van der Waals surface area contributed by atoms with Crippen molar-refractivity contribution in [2.24, 2.45) is 0 Å². The molecule has 2 rings (SSSR count). The van der Waals surface area contributed by atoms with Gasteiger partial charge in [-0.15, -0.1) is 11.8 Å². The molecule has 2 heterocycles. The first-order valence-corrected chi connectivity index (χ1v) is 9.31. The fourth-order valence-electron chi connectivity index (χ4n) is 2.13. The van der Waals surface area contributed by atoms with Gasteiger partial charge in [-0.2, -0.15) is 0 Å². The molecule has 0 aromatic rings. The second-order valence-corrected chi connectivity index (χ2v) is 7.50. The number of likely N-dealkylation sites (N-methyl/N-ethyl adjacent to an activating group) is 1. The van der Waals surface area contributed by atoms with Crippen LogP contribution in [0.25, 0.3) is 0 Å². The Morgan fingerprint density at radius 2 is 2.23 bits per heavy atom. The smallest absolute Gasteiger partial charge is 0.266 e. The SMILES string of the molecule is CCN1C(=O)/C(=C\C=C2\SCCN2CCC(=O)NC)SC1=S. The number of carbonyl (C=O) groups is 2. The topological polar surface area (TPSA) is 52.7 Å². The van der Waals surface area contributed by atoms with Crippen molar-refractivity contribution < 1.29 is 9.59 Å². The molecule has 0 aromatic heterocycles. The first kappa shape index (κ1) is 17.4. The van der Waals surface area contributed by atoms with E-state index in [1.807, 2.05) is 19.1 Å². The number of nitrogens with zero attached hydrogens (tertiary/aromatic N) is 2. The van der Waals surface area contributed by atoms with Gasteiger partial charge in [0, 0.05) is 38.9 Å². The number of nitrogens with one attached hydrogen (secondary N) is 1. The lowest BCUT2D eigenvalue weighted by Gasteiger charge is -2.17. The Morgan fingerprint density at radius 3 is 2.86 bits per heavy atom. The summed E-state index contributed by atoms with van der Waals surface area (Å²) in [5.41, 5.74) is 0.